The Bertz CT molecular complexity index is 295. The maximum atomic E-state index is 11.2. The number of carbonyl (C=O) groups is 1. The third-order valence-corrected chi connectivity index (χ3v) is 2.76. The van der Waals surface area contributed by atoms with Crippen LogP contribution in [0.1, 0.15) is 51.9 Å². The van der Waals surface area contributed by atoms with Gasteiger partial charge in [0.2, 0.25) is 0 Å². The van der Waals surface area contributed by atoms with E-state index in [2.05, 4.69) is 18.8 Å². The van der Waals surface area contributed by atoms with Gasteiger partial charge in [0, 0.05) is 19.8 Å². The van der Waals surface area contributed by atoms with Crippen LogP contribution in [0, 0.1) is 11.3 Å². The summed E-state index contributed by atoms with van der Waals surface area (Å²) in [5.74, 6) is -0.351. The zero-order chi connectivity index (χ0) is 14.3. The molecule has 0 radical (unpaired) electrons. The first-order valence-electron chi connectivity index (χ1n) is 7.17. The third kappa shape index (κ3) is 11.5. The van der Waals surface area contributed by atoms with E-state index in [1.807, 2.05) is 0 Å². The molecule has 0 saturated heterocycles. The quantitative estimate of drug-likeness (QED) is 0.335. The van der Waals surface area contributed by atoms with Gasteiger partial charge in [-0.15, -0.1) is 0 Å². The normalized spacial score (nSPS) is 9.89. The number of amides is 1. The van der Waals surface area contributed by atoms with Crippen molar-refractivity contribution in [1.82, 2.24) is 5.32 Å². The molecule has 1 N–H and O–H groups in total. The zero-order valence-corrected chi connectivity index (χ0v) is 12.0. The van der Waals surface area contributed by atoms with Gasteiger partial charge in [0.25, 0.3) is 5.91 Å². The fourth-order valence-corrected chi connectivity index (χ4v) is 1.64. The molecule has 0 atom stereocenters. The van der Waals surface area contributed by atoms with Crippen molar-refractivity contribution in [3.8, 4) is 6.07 Å². The predicted octanol–water partition coefficient (Wildman–Crippen LogP) is 2.95. The monoisotopic (exact) mass is 266 g/mol. The zero-order valence-electron chi connectivity index (χ0n) is 12.0. The first kappa shape index (κ1) is 17.7. The SMILES string of the molecule is C=C(C#N)C(=O)NCCCCCCCCOCCC. The lowest BCUT2D eigenvalue weighted by molar-refractivity contribution is -0.117. The molecule has 0 aromatic carbocycles. The number of unbranched alkanes of at least 4 members (excludes halogenated alkanes) is 5. The van der Waals surface area contributed by atoms with Crippen LogP contribution in [0.2, 0.25) is 0 Å². The van der Waals surface area contributed by atoms with Gasteiger partial charge in [0.15, 0.2) is 0 Å². The molecule has 0 aliphatic heterocycles. The Morgan fingerprint density at radius 2 is 1.79 bits per heavy atom. The van der Waals surface area contributed by atoms with Crippen LogP contribution in [0.4, 0.5) is 0 Å². The van der Waals surface area contributed by atoms with E-state index >= 15 is 0 Å². The summed E-state index contributed by atoms with van der Waals surface area (Å²) < 4.78 is 5.41. The minimum atomic E-state index is -0.351. The highest BCUT2D eigenvalue weighted by Crippen LogP contribution is 2.05. The van der Waals surface area contributed by atoms with Crippen molar-refractivity contribution in [1.29, 1.82) is 5.26 Å². The van der Waals surface area contributed by atoms with E-state index in [9.17, 15) is 4.79 Å². The first-order valence-corrected chi connectivity index (χ1v) is 7.17. The van der Waals surface area contributed by atoms with Gasteiger partial charge in [-0.3, -0.25) is 4.79 Å². The van der Waals surface area contributed by atoms with Gasteiger partial charge in [0.05, 0.1) is 0 Å². The summed E-state index contributed by atoms with van der Waals surface area (Å²) in [4.78, 5) is 11.2. The standard InChI is InChI=1S/C15H26N2O2/c1-3-11-19-12-9-7-5-4-6-8-10-17-15(18)14(2)13-16/h2-12H2,1H3,(H,17,18). The van der Waals surface area contributed by atoms with Gasteiger partial charge in [-0.25, -0.2) is 0 Å². The van der Waals surface area contributed by atoms with Crippen molar-refractivity contribution in [2.24, 2.45) is 0 Å². The smallest absolute Gasteiger partial charge is 0.261 e. The lowest BCUT2D eigenvalue weighted by Gasteiger charge is -2.04. The predicted molar refractivity (Wildman–Crippen MR) is 76.6 cm³/mol. The maximum absolute atomic E-state index is 11.2. The van der Waals surface area contributed by atoms with Crippen LogP contribution in [-0.4, -0.2) is 25.7 Å². The van der Waals surface area contributed by atoms with Crippen molar-refractivity contribution >= 4 is 5.91 Å². The minimum Gasteiger partial charge on any atom is -0.381 e. The van der Waals surface area contributed by atoms with Crippen molar-refractivity contribution in [3.05, 3.63) is 12.2 Å². The summed E-state index contributed by atoms with van der Waals surface area (Å²) >= 11 is 0. The molecule has 1 amide bonds. The highest BCUT2D eigenvalue weighted by molar-refractivity contribution is 5.96. The summed E-state index contributed by atoms with van der Waals surface area (Å²) in [6.07, 6.45) is 7.90. The molecule has 4 heteroatoms. The van der Waals surface area contributed by atoms with E-state index in [1.165, 1.54) is 19.3 Å². The number of nitrogens with zero attached hydrogens (tertiary/aromatic N) is 1. The number of nitriles is 1. The molecule has 0 heterocycles. The fraction of sp³-hybridized carbons (Fsp3) is 0.733. The van der Waals surface area contributed by atoms with E-state index in [0.29, 0.717) is 6.54 Å². The van der Waals surface area contributed by atoms with Gasteiger partial charge >= 0.3 is 0 Å². The van der Waals surface area contributed by atoms with Crippen LogP contribution < -0.4 is 5.32 Å². The van der Waals surface area contributed by atoms with E-state index in [4.69, 9.17) is 10.00 Å². The molecule has 0 saturated carbocycles. The average Bonchev–Trinajstić information content (AvgIpc) is 2.43. The molecule has 0 unspecified atom stereocenters. The van der Waals surface area contributed by atoms with Crippen LogP contribution in [0.25, 0.3) is 0 Å². The summed E-state index contributed by atoms with van der Waals surface area (Å²) in [5.41, 5.74) is -0.0212. The first-order chi connectivity index (χ1) is 9.22. The van der Waals surface area contributed by atoms with E-state index in [0.717, 1.165) is 38.9 Å². The summed E-state index contributed by atoms with van der Waals surface area (Å²) in [7, 11) is 0. The molecule has 0 aliphatic rings. The molecule has 19 heavy (non-hydrogen) atoms. The van der Waals surface area contributed by atoms with Crippen LogP contribution in [-0.2, 0) is 9.53 Å². The summed E-state index contributed by atoms with van der Waals surface area (Å²) in [5, 5.41) is 11.1. The Morgan fingerprint density at radius 3 is 2.42 bits per heavy atom. The third-order valence-electron chi connectivity index (χ3n) is 2.76. The molecule has 0 aromatic rings. The number of hydrogen-bond donors (Lipinski definition) is 1. The van der Waals surface area contributed by atoms with Crippen molar-refractivity contribution in [3.63, 3.8) is 0 Å². The van der Waals surface area contributed by atoms with E-state index in [-0.39, 0.29) is 11.5 Å². The Morgan fingerprint density at radius 1 is 1.16 bits per heavy atom. The second-order valence-corrected chi connectivity index (χ2v) is 4.58. The summed E-state index contributed by atoms with van der Waals surface area (Å²) in [6.45, 7) is 7.84. The molecule has 0 fully saturated rings. The number of carbonyl (C=O) groups excluding carboxylic acids is 1. The highest BCUT2D eigenvalue weighted by atomic mass is 16.5. The van der Waals surface area contributed by atoms with Crippen molar-refractivity contribution in [2.45, 2.75) is 51.9 Å². The topological polar surface area (TPSA) is 62.1 Å². The Balaban J connectivity index is 3.17. The van der Waals surface area contributed by atoms with Gasteiger partial charge in [-0.1, -0.05) is 39.2 Å². The molecule has 108 valence electrons. The highest BCUT2D eigenvalue weighted by Gasteiger charge is 2.03. The van der Waals surface area contributed by atoms with E-state index in [1.54, 1.807) is 6.07 Å². The molecular formula is C15H26N2O2. The van der Waals surface area contributed by atoms with E-state index < -0.39 is 0 Å². The van der Waals surface area contributed by atoms with Crippen LogP contribution in [0.5, 0.6) is 0 Å². The largest absolute Gasteiger partial charge is 0.381 e. The molecule has 0 aliphatic carbocycles. The van der Waals surface area contributed by atoms with Crippen molar-refractivity contribution < 1.29 is 9.53 Å². The maximum Gasteiger partial charge on any atom is 0.261 e. The Labute approximate surface area is 116 Å². The number of ether oxygens (including phenoxy) is 1. The number of nitrogens with one attached hydrogen (secondary N) is 1. The van der Waals surface area contributed by atoms with Gasteiger partial charge in [-0.05, 0) is 19.3 Å². The van der Waals surface area contributed by atoms with Crippen LogP contribution >= 0.6 is 0 Å². The second kappa shape index (κ2) is 13.1. The number of hydrogen-bond acceptors (Lipinski definition) is 3. The Kier molecular flexibility index (Phi) is 12.2. The summed E-state index contributed by atoms with van der Waals surface area (Å²) in [6, 6.07) is 1.74. The van der Waals surface area contributed by atoms with Crippen LogP contribution in [0.3, 0.4) is 0 Å². The lowest BCUT2D eigenvalue weighted by atomic mass is 10.1. The molecule has 0 bridgehead atoms. The van der Waals surface area contributed by atoms with Gasteiger partial charge in [-0.2, -0.15) is 5.26 Å². The van der Waals surface area contributed by atoms with Gasteiger partial charge < -0.3 is 10.1 Å². The molecule has 0 aromatic heterocycles. The molecular weight excluding hydrogens is 240 g/mol. The molecule has 4 nitrogen and oxygen atoms in total. The average molecular weight is 266 g/mol. The Hall–Kier alpha value is -1.34. The lowest BCUT2D eigenvalue weighted by Crippen LogP contribution is -2.25. The van der Waals surface area contributed by atoms with Gasteiger partial charge in [0.1, 0.15) is 11.6 Å². The number of rotatable bonds is 12. The van der Waals surface area contributed by atoms with Crippen LogP contribution in [0.15, 0.2) is 12.2 Å². The molecule has 0 rings (SSSR count). The second-order valence-electron chi connectivity index (χ2n) is 4.58. The fourth-order valence-electron chi connectivity index (χ4n) is 1.64. The van der Waals surface area contributed by atoms with Crippen molar-refractivity contribution in [2.75, 3.05) is 19.8 Å². The minimum absolute atomic E-state index is 0.0212. The molecule has 0 spiro atoms.